The van der Waals surface area contributed by atoms with Crippen molar-refractivity contribution in [2.24, 2.45) is 0 Å². The van der Waals surface area contributed by atoms with Crippen LogP contribution in [0.3, 0.4) is 0 Å². The first kappa shape index (κ1) is 16.7. The molecule has 5 heteroatoms. The summed E-state index contributed by atoms with van der Waals surface area (Å²) in [7, 11) is 4.18. The van der Waals surface area contributed by atoms with Gasteiger partial charge in [0.1, 0.15) is 18.0 Å². The second-order valence-corrected chi connectivity index (χ2v) is 6.16. The van der Waals surface area contributed by atoms with Gasteiger partial charge < -0.3 is 15.5 Å². The van der Waals surface area contributed by atoms with Gasteiger partial charge in [-0.25, -0.2) is 9.97 Å². The van der Waals surface area contributed by atoms with Gasteiger partial charge in [0, 0.05) is 19.2 Å². The van der Waals surface area contributed by atoms with Crippen molar-refractivity contribution >= 4 is 11.6 Å². The number of allylic oxidation sites excluding steroid dienone is 1. The largest absolute Gasteiger partial charge is 0.370 e. The molecule has 22 heavy (non-hydrogen) atoms. The van der Waals surface area contributed by atoms with Gasteiger partial charge in [0.05, 0.1) is 0 Å². The highest BCUT2D eigenvalue weighted by molar-refractivity contribution is 5.46. The van der Waals surface area contributed by atoms with E-state index in [0.717, 1.165) is 44.1 Å². The molecule has 0 aliphatic heterocycles. The third-order valence-electron chi connectivity index (χ3n) is 3.89. The highest BCUT2D eigenvalue weighted by Gasteiger charge is 2.04. The Bertz CT molecular complexity index is 470. The van der Waals surface area contributed by atoms with Crippen molar-refractivity contribution in [2.45, 2.75) is 38.5 Å². The lowest BCUT2D eigenvalue weighted by Gasteiger charge is -2.13. The minimum atomic E-state index is 0.896. The lowest BCUT2D eigenvalue weighted by atomic mass is 9.97. The Labute approximate surface area is 134 Å². The monoisotopic (exact) mass is 303 g/mol. The van der Waals surface area contributed by atoms with E-state index in [9.17, 15) is 0 Å². The molecule has 0 spiro atoms. The van der Waals surface area contributed by atoms with E-state index < -0.39 is 0 Å². The number of nitrogens with one attached hydrogen (secondary N) is 2. The van der Waals surface area contributed by atoms with Crippen molar-refractivity contribution in [1.82, 2.24) is 14.9 Å². The zero-order chi connectivity index (χ0) is 15.6. The molecule has 1 aromatic heterocycles. The van der Waals surface area contributed by atoms with Crippen LogP contribution in [0.1, 0.15) is 38.5 Å². The fraction of sp³-hybridized carbons (Fsp3) is 0.647. The van der Waals surface area contributed by atoms with Crippen molar-refractivity contribution in [3.05, 3.63) is 24.0 Å². The maximum atomic E-state index is 4.29. The Kier molecular flexibility index (Phi) is 7.16. The zero-order valence-corrected chi connectivity index (χ0v) is 13.9. The van der Waals surface area contributed by atoms with Gasteiger partial charge in [-0.3, -0.25) is 0 Å². The van der Waals surface area contributed by atoms with Crippen LogP contribution in [0.4, 0.5) is 11.6 Å². The molecule has 0 amide bonds. The Hall–Kier alpha value is -1.62. The molecule has 1 aliphatic carbocycles. The number of hydrogen-bond donors (Lipinski definition) is 2. The number of rotatable bonds is 9. The Morgan fingerprint density at radius 1 is 1.09 bits per heavy atom. The lowest BCUT2D eigenvalue weighted by molar-refractivity contribution is 0.405. The SMILES string of the molecule is CN(C)CCCNc1cc(NCCC2=CCCCC2)ncn1. The smallest absolute Gasteiger partial charge is 0.131 e. The Morgan fingerprint density at radius 3 is 2.55 bits per heavy atom. The van der Waals surface area contributed by atoms with Crippen molar-refractivity contribution in [2.75, 3.05) is 44.4 Å². The van der Waals surface area contributed by atoms with Crippen LogP contribution in [-0.2, 0) is 0 Å². The van der Waals surface area contributed by atoms with Crippen molar-refractivity contribution < 1.29 is 0 Å². The fourth-order valence-corrected chi connectivity index (χ4v) is 2.65. The molecular formula is C17H29N5. The molecule has 0 atom stereocenters. The molecule has 0 bridgehead atoms. The first-order chi connectivity index (χ1) is 10.7. The van der Waals surface area contributed by atoms with E-state index in [1.165, 1.54) is 25.7 Å². The predicted octanol–water partition coefficient (Wildman–Crippen LogP) is 3.14. The van der Waals surface area contributed by atoms with Crippen molar-refractivity contribution in [3.63, 3.8) is 0 Å². The van der Waals surface area contributed by atoms with Gasteiger partial charge in [0.25, 0.3) is 0 Å². The molecule has 1 aliphatic rings. The molecule has 2 N–H and O–H groups in total. The third kappa shape index (κ3) is 6.43. The molecule has 0 fully saturated rings. The number of hydrogen-bond acceptors (Lipinski definition) is 5. The summed E-state index contributed by atoms with van der Waals surface area (Å²) in [5, 5.41) is 6.75. The van der Waals surface area contributed by atoms with Gasteiger partial charge in [-0.05, 0) is 59.2 Å². The van der Waals surface area contributed by atoms with E-state index in [1.807, 2.05) is 6.07 Å². The van der Waals surface area contributed by atoms with E-state index in [1.54, 1.807) is 11.9 Å². The summed E-state index contributed by atoms with van der Waals surface area (Å²) < 4.78 is 0. The van der Waals surface area contributed by atoms with Crippen LogP contribution in [-0.4, -0.2) is 48.6 Å². The normalized spacial score (nSPS) is 14.8. The summed E-state index contributed by atoms with van der Waals surface area (Å²) in [6.45, 7) is 2.96. The van der Waals surface area contributed by atoms with Gasteiger partial charge in [-0.2, -0.15) is 0 Å². The van der Waals surface area contributed by atoms with Gasteiger partial charge in [0.15, 0.2) is 0 Å². The van der Waals surface area contributed by atoms with Crippen LogP contribution in [0, 0.1) is 0 Å². The van der Waals surface area contributed by atoms with E-state index in [2.05, 4.69) is 45.7 Å². The summed E-state index contributed by atoms with van der Waals surface area (Å²) in [4.78, 5) is 10.7. The second-order valence-electron chi connectivity index (χ2n) is 6.16. The minimum absolute atomic E-state index is 0.896. The quantitative estimate of drug-likeness (QED) is 0.542. The minimum Gasteiger partial charge on any atom is -0.370 e. The zero-order valence-electron chi connectivity index (χ0n) is 13.9. The van der Waals surface area contributed by atoms with Gasteiger partial charge in [-0.1, -0.05) is 11.6 Å². The van der Waals surface area contributed by atoms with Crippen LogP contribution in [0.25, 0.3) is 0 Å². The summed E-state index contributed by atoms with van der Waals surface area (Å²) in [5.74, 6) is 1.80. The number of nitrogens with zero attached hydrogens (tertiary/aromatic N) is 3. The summed E-state index contributed by atoms with van der Waals surface area (Å²) in [6.07, 6.45) is 11.5. The summed E-state index contributed by atoms with van der Waals surface area (Å²) in [5.41, 5.74) is 1.59. The van der Waals surface area contributed by atoms with Crippen molar-refractivity contribution in [3.8, 4) is 0 Å². The molecular weight excluding hydrogens is 274 g/mol. The molecule has 1 aromatic rings. The maximum Gasteiger partial charge on any atom is 0.131 e. The third-order valence-corrected chi connectivity index (χ3v) is 3.89. The lowest BCUT2D eigenvalue weighted by Crippen LogP contribution is -2.16. The van der Waals surface area contributed by atoms with E-state index in [-0.39, 0.29) is 0 Å². The highest BCUT2D eigenvalue weighted by Crippen LogP contribution is 2.20. The standard InChI is InChI=1S/C17H29N5/c1-22(2)12-6-10-18-16-13-17(21-14-20-16)19-11-9-15-7-4-3-5-8-15/h7,13-14H,3-6,8-12H2,1-2H3,(H2,18,19,20,21). The Morgan fingerprint density at radius 2 is 1.86 bits per heavy atom. The summed E-state index contributed by atoms with van der Waals surface area (Å²) >= 11 is 0. The van der Waals surface area contributed by atoms with Crippen molar-refractivity contribution in [1.29, 1.82) is 0 Å². The highest BCUT2D eigenvalue weighted by atomic mass is 15.1. The van der Waals surface area contributed by atoms with Gasteiger partial charge >= 0.3 is 0 Å². The number of aromatic nitrogens is 2. The summed E-state index contributed by atoms with van der Waals surface area (Å²) in [6, 6.07) is 1.99. The topological polar surface area (TPSA) is 53.1 Å². The second kappa shape index (κ2) is 9.41. The van der Waals surface area contributed by atoms with Crippen LogP contribution < -0.4 is 10.6 Å². The predicted molar refractivity (Wildman–Crippen MR) is 93.4 cm³/mol. The number of anilines is 2. The van der Waals surface area contributed by atoms with Crippen LogP contribution >= 0.6 is 0 Å². The molecule has 0 saturated carbocycles. The van der Waals surface area contributed by atoms with E-state index >= 15 is 0 Å². The average molecular weight is 303 g/mol. The Balaban J connectivity index is 1.70. The first-order valence-electron chi connectivity index (χ1n) is 8.36. The molecule has 0 saturated heterocycles. The fourth-order valence-electron chi connectivity index (χ4n) is 2.65. The molecule has 0 unspecified atom stereocenters. The van der Waals surface area contributed by atoms with E-state index in [4.69, 9.17) is 0 Å². The average Bonchev–Trinajstić information content (AvgIpc) is 2.53. The molecule has 2 rings (SSSR count). The van der Waals surface area contributed by atoms with Crippen LogP contribution in [0.5, 0.6) is 0 Å². The molecule has 5 nitrogen and oxygen atoms in total. The first-order valence-corrected chi connectivity index (χ1v) is 8.36. The van der Waals surface area contributed by atoms with Crippen LogP contribution in [0.15, 0.2) is 24.0 Å². The van der Waals surface area contributed by atoms with Gasteiger partial charge in [0.2, 0.25) is 0 Å². The molecule has 122 valence electrons. The molecule has 1 heterocycles. The van der Waals surface area contributed by atoms with E-state index in [0.29, 0.717) is 0 Å². The molecule has 0 radical (unpaired) electrons. The maximum absolute atomic E-state index is 4.29. The van der Waals surface area contributed by atoms with Crippen LogP contribution in [0.2, 0.25) is 0 Å². The van der Waals surface area contributed by atoms with Gasteiger partial charge in [-0.15, -0.1) is 0 Å². The molecule has 0 aromatic carbocycles.